The number of carbonyl (C=O) groups is 2. The highest BCUT2D eigenvalue weighted by Crippen LogP contribution is 2.13. The molecule has 0 unspecified atom stereocenters. The Hall–Kier alpha value is -1.62. The maximum Gasteiger partial charge on any atom is 0.490 e. The van der Waals surface area contributed by atoms with Gasteiger partial charge < -0.3 is 10.8 Å². The van der Waals surface area contributed by atoms with Gasteiger partial charge in [-0.15, -0.1) is 0 Å². The summed E-state index contributed by atoms with van der Waals surface area (Å²) in [7, 11) is -3.47. The molecule has 5 N–H and O–H groups in total. The number of unbranched alkanes of at least 4 members (excludes halogenated alkanes) is 11. The van der Waals surface area contributed by atoms with E-state index in [4.69, 9.17) is 9.90 Å². The lowest BCUT2D eigenvalue weighted by atomic mass is 10.1. The number of quaternary nitrogens is 1. The van der Waals surface area contributed by atoms with Gasteiger partial charge in [-0.25, -0.2) is 13.2 Å². The zero-order valence-electron chi connectivity index (χ0n) is 19.8. The van der Waals surface area contributed by atoms with Crippen LogP contribution >= 0.6 is 0 Å². The number of alkyl halides is 3. The van der Waals surface area contributed by atoms with Gasteiger partial charge in [0.05, 0.1) is 6.54 Å². The lowest BCUT2D eigenvalue weighted by Crippen LogP contribution is -2.54. The topological polar surface area (TPSA) is 128 Å². The molecule has 0 saturated carbocycles. The molecular formula is C22H42F3N2O5S+. The van der Waals surface area contributed by atoms with Gasteiger partial charge in [-0.1, -0.05) is 70.4 Å². The summed E-state index contributed by atoms with van der Waals surface area (Å²) in [6.45, 7) is 2.52. The number of halogens is 3. The van der Waals surface area contributed by atoms with Crippen LogP contribution in [0.1, 0.15) is 96.8 Å². The van der Waals surface area contributed by atoms with Crippen molar-refractivity contribution in [3.8, 4) is 0 Å². The Bertz CT molecular complexity index is 638. The number of hydrogen-bond acceptors (Lipinski definition) is 4. The molecule has 7 nitrogen and oxygen atoms in total. The van der Waals surface area contributed by atoms with Crippen LogP contribution in [0.15, 0.2) is 12.2 Å². The molecular weight excluding hydrogens is 461 g/mol. The van der Waals surface area contributed by atoms with Crippen LogP contribution in [-0.2, 0) is 19.6 Å². The zero-order chi connectivity index (χ0) is 25.6. The molecule has 0 aliphatic carbocycles. The van der Waals surface area contributed by atoms with Crippen molar-refractivity contribution < 1.29 is 42.0 Å². The van der Waals surface area contributed by atoms with Gasteiger partial charge in [0, 0.05) is 6.42 Å². The summed E-state index contributed by atoms with van der Waals surface area (Å²) >= 11 is 0. The normalized spacial score (nSPS) is 11.8. The minimum Gasteiger partial charge on any atom is -0.475 e. The van der Waals surface area contributed by atoms with E-state index in [9.17, 15) is 26.4 Å². The average Bonchev–Trinajstić information content (AvgIpc) is 2.70. The zero-order valence-corrected chi connectivity index (χ0v) is 20.6. The number of carboxylic acid groups (broad SMARTS) is 1. The molecule has 0 aromatic rings. The average molecular weight is 504 g/mol. The molecule has 0 fully saturated rings. The number of sulfonamides is 1. The molecule has 0 aromatic heterocycles. The highest BCUT2D eigenvalue weighted by Gasteiger charge is 2.38. The van der Waals surface area contributed by atoms with Gasteiger partial charge in [0.2, 0.25) is 15.9 Å². The smallest absolute Gasteiger partial charge is 0.475 e. The highest BCUT2D eigenvalue weighted by atomic mass is 32.2. The van der Waals surface area contributed by atoms with Gasteiger partial charge in [0.1, 0.15) is 5.75 Å². The number of carbonyl (C=O) groups excluding carboxylic acids is 1. The quantitative estimate of drug-likeness (QED) is 0.189. The summed E-state index contributed by atoms with van der Waals surface area (Å²) in [5, 5.41) is 7.12. The molecule has 0 rings (SSSR count). The molecule has 0 radical (unpaired) electrons. The third kappa shape index (κ3) is 26.5. The lowest BCUT2D eigenvalue weighted by Gasteiger charge is -2.05. The minimum atomic E-state index is -5.08. The molecule has 0 spiro atoms. The second kappa shape index (κ2) is 20.9. The summed E-state index contributed by atoms with van der Waals surface area (Å²) in [4.78, 5) is 20.4. The third-order valence-corrected chi connectivity index (χ3v) is 5.96. The highest BCUT2D eigenvalue weighted by molar-refractivity contribution is 7.90. The number of carboxylic acids is 1. The molecule has 0 atom stereocenters. The van der Waals surface area contributed by atoms with Crippen molar-refractivity contribution in [2.24, 2.45) is 0 Å². The predicted molar refractivity (Wildman–Crippen MR) is 123 cm³/mol. The predicted octanol–water partition coefficient (Wildman–Crippen LogP) is 4.35. The number of amides is 1. The summed E-state index contributed by atoms with van der Waals surface area (Å²) in [5.41, 5.74) is 3.49. The Morgan fingerprint density at radius 3 is 1.73 bits per heavy atom. The molecule has 196 valence electrons. The van der Waals surface area contributed by atoms with Gasteiger partial charge in [-0.05, 0) is 32.1 Å². The van der Waals surface area contributed by atoms with Gasteiger partial charge in [0.15, 0.2) is 0 Å². The molecule has 0 aliphatic heterocycles. The van der Waals surface area contributed by atoms with Gasteiger partial charge >= 0.3 is 12.1 Å². The Labute approximate surface area is 196 Å². The van der Waals surface area contributed by atoms with Gasteiger partial charge in [0.25, 0.3) is 0 Å². The summed E-state index contributed by atoms with van der Waals surface area (Å²) in [5.74, 6) is -3.24. The number of rotatable bonds is 18. The monoisotopic (exact) mass is 503 g/mol. The molecule has 11 heteroatoms. The maximum absolute atomic E-state index is 11.5. The summed E-state index contributed by atoms with van der Waals surface area (Å²) in [6.07, 6.45) is 15.5. The number of aliphatic carboxylic acids is 1. The van der Waals surface area contributed by atoms with E-state index in [1.807, 2.05) is 0 Å². The first-order valence-corrected chi connectivity index (χ1v) is 13.4. The van der Waals surface area contributed by atoms with E-state index in [1.54, 1.807) is 0 Å². The van der Waals surface area contributed by atoms with Crippen molar-refractivity contribution in [3.63, 3.8) is 0 Å². The number of hydrogen-bond donors (Lipinski definition) is 3. The van der Waals surface area contributed by atoms with Crippen LogP contribution < -0.4 is 10.5 Å². The van der Waals surface area contributed by atoms with E-state index < -0.39 is 28.1 Å². The van der Waals surface area contributed by atoms with Crippen molar-refractivity contribution in [3.05, 3.63) is 12.2 Å². The fraction of sp³-hybridized carbons (Fsp3) is 0.818. The molecule has 33 heavy (non-hydrogen) atoms. The SMILES string of the molecule is CCCCCCCC/C=C\CCCCCCCC(=O)NS(=O)(=O)CC[NH3+].O=C(O)C(F)(F)F. The van der Waals surface area contributed by atoms with E-state index >= 15 is 0 Å². The van der Waals surface area contributed by atoms with E-state index in [0.717, 1.165) is 25.7 Å². The standard InChI is InChI=1S/C20H40N2O3S.C2HF3O2/c1-2-3-4-5-6-7-8-9-10-11-12-13-14-15-16-17-20(23)22-26(24,25)19-18-21;3-2(4,5)1(6)7/h9-10H,2-8,11-19,21H2,1H3,(H,22,23);(H,6,7)/p+1/b10-9-;. The Kier molecular flexibility index (Phi) is 21.3. The fourth-order valence-corrected chi connectivity index (χ4v) is 3.75. The van der Waals surface area contributed by atoms with Gasteiger partial charge in [-0.3, -0.25) is 9.52 Å². The van der Waals surface area contributed by atoms with Crippen LogP contribution in [0.2, 0.25) is 0 Å². The minimum absolute atomic E-state index is 0.0921. The second-order valence-corrected chi connectivity index (χ2v) is 9.68. The van der Waals surface area contributed by atoms with Crippen molar-refractivity contribution in [1.29, 1.82) is 0 Å². The number of allylic oxidation sites excluding steroid dienone is 2. The molecule has 0 bridgehead atoms. The Morgan fingerprint density at radius 2 is 1.30 bits per heavy atom. The molecule has 0 heterocycles. The lowest BCUT2D eigenvalue weighted by molar-refractivity contribution is -0.360. The van der Waals surface area contributed by atoms with Crippen LogP contribution in [0, 0.1) is 0 Å². The first-order chi connectivity index (χ1) is 15.5. The third-order valence-electron chi connectivity index (χ3n) is 4.59. The van der Waals surface area contributed by atoms with Crippen LogP contribution in [0.3, 0.4) is 0 Å². The molecule has 0 saturated heterocycles. The largest absolute Gasteiger partial charge is 0.490 e. The van der Waals surface area contributed by atoms with Crippen molar-refractivity contribution >= 4 is 21.9 Å². The van der Waals surface area contributed by atoms with E-state index in [-0.39, 0.29) is 18.7 Å². The first-order valence-electron chi connectivity index (χ1n) is 11.7. The van der Waals surface area contributed by atoms with Crippen molar-refractivity contribution in [1.82, 2.24) is 4.72 Å². The van der Waals surface area contributed by atoms with Crippen LogP contribution in [0.4, 0.5) is 13.2 Å². The van der Waals surface area contributed by atoms with Crippen LogP contribution in [0.25, 0.3) is 0 Å². The van der Waals surface area contributed by atoms with Crippen molar-refractivity contribution in [2.75, 3.05) is 12.3 Å². The van der Waals surface area contributed by atoms with E-state index in [1.165, 1.54) is 57.8 Å². The van der Waals surface area contributed by atoms with E-state index in [2.05, 4.69) is 29.5 Å². The Morgan fingerprint density at radius 1 is 0.879 bits per heavy atom. The van der Waals surface area contributed by atoms with Crippen LogP contribution in [0.5, 0.6) is 0 Å². The van der Waals surface area contributed by atoms with Gasteiger partial charge in [-0.2, -0.15) is 13.2 Å². The van der Waals surface area contributed by atoms with Crippen molar-refractivity contribution in [2.45, 2.75) is 103 Å². The summed E-state index contributed by atoms with van der Waals surface area (Å²) < 4.78 is 56.7. The molecule has 0 aromatic carbocycles. The molecule has 1 amide bonds. The Balaban J connectivity index is 0. The first kappa shape index (κ1) is 33.6. The van der Waals surface area contributed by atoms with E-state index in [0.29, 0.717) is 0 Å². The fourth-order valence-electron chi connectivity index (χ4n) is 2.82. The van der Waals surface area contributed by atoms with Crippen LogP contribution in [-0.4, -0.2) is 43.9 Å². The number of nitrogens with one attached hydrogen (secondary N) is 1. The summed E-state index contributed by atoms with van der Waals surface area (Å²) in [6, 6.07) is 0. The molecule has 0 aliphatic rings. The second-order valence-electron chi connectivity index (χ2n) is 7.83. The maximum atomic E-state index is 11.5.